The van der Waals surface area contributed by atoms with Gasteiger partial charge in [-0.1, -0.05) is 12.1 Å². The minimum Gasteiger partial charge on any atom is -0.394 e. The molecule has 3 heterocycles. The molecular formula is C25H36N6O3. The second kappa shape index (κ2) is 12.1. The fraction of sp³-hybridized carbons (Fsp3) is 0.560. The molecule has 0 atom stereocenters. The molecule has 1 aromatic heterocycles. The highest BCUT2D eigenvalue weighted by Crippen LogP contribution is 2.30. The Morgan fingerprint density at radius 2 is 1.82 bits per heavy atom. The summed E-state index contributed by atoms with van der Waals surface area (Å²) in [5.41, 5.74) is 7.89. The Kier molecular flexibility index (Phi) is 8.67. The Morgan fingerprint density at radius 3 is 2.50 bits per heavy atom. The van der Waals surface area contributed by atoms with E-state index >= 15 is 0 Å². The summed E-state index contributed by atoms with van der Waals surface area (Å²) >= 11 is 0. The molecule has 184 valence electrons. The number of piperidine rings is 2. The highest BCUT2D eigenvalue weighted by Gasteiger charge is 2.21. The van der Waals surface area contributed by atoms with E-state index in [-0.39, 0.29) is 12.3 Å². The maximum atomic E-state index is 11.9. The molecule has 0 spiro atoms. The van der Waals surface area contributed by atoms with Gasteiger partial charge in [-0.2, -0.15) is 0 Å². The van der Waals surface area contributed by atoms with Gasteiger partial charge in [0.05, 0.1) is 26.0 Å². The average Bonchev–Trinajstić information content (AvgIpc) is 2.88. The van der Waals surface area contributed by atoms with Crippen molar-refractivity contribution in [2.24, 2.45) is 5.73 Å². The first-order valence-electron chi connectivity index (χ1n) is 12.3. The minimum absolute atomic E-state index is 0.0766. The summed E-state index contributed by atoms with van der Waals surface area (Å²) in [5, 5.41) is 12.1. The maximum absolute atomic E-state index is 11.9. The zero-order valence-electron chi connectivity index (χ0n) is 19.8. The molecule has 0 unspecified atom stereocenters. The van der Waals surface area contributed by atoms with Gasteiger partial charge in [0.1, 0.15) is 5.82 Å². The number of aliphatic hydroxyl groups excluding tert-OH is 1. The normalized spacial score (nSPS) is 17.6. The van der Waals surface area contributed by atoms with Crippen molar-refractivity contribution in [3.8, 4) is 0 Å². The van der Waals surface area contributed by atoms with Crippen LogP contribution in [0.1, 0.15) is 54.1 Å². The lowest BCUT2D eigenvalue weighted by molar-refractivity contribution is 0.0680. The molecule has 1 amide bonds. The molecule has 4 N–H and O–H groups in total. The summed E-state index contributed by atoms with van der Waals surface area (Å²) in [6, 6.07) is 8.37. The number of likely N-dealkylation sites (tertiary alicyclic amines) is 1. The van der Waals surface area contributed by atoms with Crippen molar-refractivity contribution in [1.29, 1.82) is 0 Å². The van der Waals surface area contributed by atoms with Crippen molar-refractivity contribution in [3.05, 3.63) is 41.7 Å². The highest BCUT2D eigenvalue weighted by molar-refractivity contribution is 5.96. The zero-order valence-corrected chi connectivity index (χ0v) is 19.8. The van der Waals surface area contributed by atoms with Crippen LogP contribution < -0.4 is 16.0 Å². The van der Waals surface area contributed by atoms with E-state index in [1.165, 1.54) is 12.0 Å². The zero-order chi connectivity index (χ0) is 23.8. The van der Waals surface area contributed by atoms with Crippen LogP contribution in [0.15, 0.2) is 30.5 Å². The molecule has 2 fully saturated rings. The number of aromatic nitrogens is 2. The fourth-order valence-corrected chi connectivity index (χ4v) is 4.75. The van der Waals surface area contributed by atoms with Crippen LogP contribution in [-0.2, 0) is 4.74 Å². The second-order valence-electron chi connectivity index (χ2n) is 9.04. The molecule has 9 heteroatoms. The Hall–Kier alpha value is -2.75. The van der Waals surface area contributed by atoms with Crippen molar-refractivity contribution < 1.29 is 14.6 Å². The Labute approximate surface area is 201 Å². The lowest BCUT2D eigenvalue weighted by Gasteiger charge is -2.32. The van der Waals surface area contributed by atoms with Crippen molar-refractivity contribution in [2.75, 3.05) is 62.8 Å². The van der Waals surface area contributed by atoms with Crippen LogP contribution in [0, 0.1) is 0 Å². The third-order valence-corrected chi connectivity index (χ3v) is 6.69. The number of nitrogens with two attached hydrogens (primary N) is 1. The second-order valence-corrected chi connectivity index (χ2v) is 9.04. The summed E-state index contributed by atoms with van der Waals surface area (Å²) in [4.78, 5) is 25.6. The molecule has 4 rings (SSSR count). The van der Waals surface area contributed by atoms with Crippen molar-refractivity contribution in [1.82, 2.24) is 14.9 Å². The first-order chi connectivity index (χ1) is 16.6. The monoisotopic (exact) mass is 468 g/mol. The van der Waals surface area contributed by atoms with Gasteiger partial charge in [0, 0.05) is 25.3 Å². The fourth-order valence-electron chi connectivity index (χ4n) is 4.75. The van der Waals surface area contributed by atoms with E-state index in [0.29, 0.717) is 24.9 Å². The quantitative estimate of drug-likeness (QED) is 0.456. The number of nitrogens with zero attached hydrogens (tertiary/aromatic N) is 4. The number of amides is 1. The topological polar surface area (TPSA) is 117 Å². The highest BCUT2D eigenvalue weighted by atomic mass is 16.5. The molecule has 1 aromatic carbocycles. The van der Waals surface area contributed by atoms with Crippen LogP contribution in [0.4, 0.5) is 17.3 Å². The standard InChI is InChI=1S/C25H36N6O3/c26-24(33)23-25(29-22(18-27-23)31-10-2-1-3-11-31)28-21-6-4-19(5-7-21)20-8-12-30(13-9-20)14-16-34-17-15-32/h4-7,18,20,32H,1-3,8-17H2,(H2,26,33)(H,28,29). The molecular weight excluding hydrogens is 432 g/mol. The number of primary amides is 1. The van der Waals surface area contributed by atoms with Crippen LogP contribution >= 0.6 is 0 Å². The third-order valence-electron chi connectivity index (χ3n) is 6.69. The van der Waals surface area contributed by atoms with Gasteiger partial charge in [-0.25, -0.2) is 9.97 Å². The number of ether oxygens (including phenoxy) is 1. The van der Waals surface area contributed by atoms with Gasteiger partial charge in [0.15, 0.2) is 11.5 Å². The number of carbonyl (C=O) groups excluding carboxylic acids is 1. The van der Waals surface area contributed by atoms with Crippen LogP contribution in [0.25, 0.3) is 0 Å². The molecule has 0 bridgehead atoms. The lowest BCUT2D eigenvalue weighted by Crippen LogP contribution is -2.35. The van der Waals surface area contributed by atoms with Crippen LogP contribution in [-0.4, -0.2) is 78.4 Å². The van der Waals surface area contributed by atoms with Gasteiger partial charge < -0.3 is 30.7 Å². The molecule has 2 aliphatic rings. The minimum atomic E-state index is -0.592. The molecule has 34 heavy (non-hydrogen) atoms. The summed E-state index contributed by atoms with van der Waals surface area (Å²) in [6.45, 7) is 6.07. The summed E-state index contributed by atoms with van der Waals surface area (Å²) < 4.78 is 5.38. The van der Waals surface area contributed by atoms with Crippen molar-refractivity contribution in [3.63, 3.8) is 0 Å². The number of benzene rings is 1. The van der Waals surface area contributed by atoms with E-state index in [1.54, 1.807) is 6.20 Å². The molecule has 2 aromatic rings. The van der Waals surface area contributed by atoms with Crippen LogP contribution in [0.2, 0.25) is 0 Å². The van der Waals surface area contributed by atoms with Gasteiger partial charge in [-0.15, -0.1) is 0 Å². The number of anilines is 3. The Morgan fingerprint density at radius 1 is 1.09 bits per heavy atom. The van der Waals surface area contributed by atoms with E-state index in [4.69, 9.17) is 20.6 Å². The van der Waals surface area contributed by atoms with Gasteiger partial charge in [-0.3, -0.25) is 4.79 Å². The van der Waals surface area contributed by atoms with Crippen molar-refractivity contribution >= 4 is 23.2 Å². The van der Waals surface area contributed by atoms with E-state index in [9.17, 15) is 4.79 Å². The van der Waals surface area contributed by atoms with Gasteiger partial charge >= 0.3 is 0 Å². The van der Waals surface area contributed by atoms with E-state index in [1.807, 2.05) is 12.1 Å². The van der Waals surface area contributed by atoms with Crippen molar-refractivity contribution in [2.45, 2.75) is 38.0 Å². The third kappa shape index (κ3) is 6.43. The smallest absolute Gasteiger partial charge is 0.271 e. The molecule has 0 saturated carbocycles. The molecule has 0 aliphatic carbocycles. The number of hydrogen-bond acceptors (Lipinski definition) is 8. The number of aliphatic hydroxyl groups is 1. The largest absolute Gasteiger partial charge is 0.394 e. The maximum Gasteiger partial charge on any atom is 0.271 e. The van der Waals surface area contributed by atoms with E-state index < -0.39 is 5.91 Å². The molecule has 2 aliphatic heterocycles. The SMILES string of the molecule is NC(=O)c1ncc(N2CCCCC2)nc1Nc1ccc(C2CCN(CCOCCO)CC2)cc1. The van der Waals surface area contributed by atoms with Gasteiger partial charge in [0.25, 0.3) is 5.91 Å². The summed E-state index contributed by atoms with van der Waals surface area (Å²) in [7, 11) is 0. The van der Waals surface area contributed by atoms with E-state index in [0.717, 1.165) is 69.9 Å². The number of rotatable bonds is 10. The first-order valence-corrected chi connectivity index (χ1v) is 12.3. The molecule has 0 radical (unpaired) electrons. The van der Waals surface area contributed by atoms with Gasteiger partial charge in [-0.05, 0) is 68.8 Å². The number of carbonyl (C=O) groups is 1. The lowest BCUT2D eigenvalue weighted by atomic mass is 9.89. The number of hydrogen-bond donors (Lipinski definition) is 3. The summed E-state index contributed by atoms with van der Waals surface area (Å²) in [5.74, 6) is 1.12. The first kappa shape index (κ1) is 24.4. The van der Waals surface area contributed by atoms with E-state index in [2.05, 4.69) is 32.2 Å². The Bertz CT molecular complexity index is 925. The predicted molar refractivity (Wildman–Crippen MR) is 133 cm³/mol. The summed E-state index contributed by atoms with van der Waals surface area (Å²) in [6.07, 6.45) is 7.38. The predicted octanol–water partition coefficient (Wildman–Crippen LogP) is 2.50. The average molecular weight is 469 g/mol. The number of nitrogens with one attached hydrogen (secondary N) is 1. The van der Waals surface area contributed by atoms with Crippen LogP contribution in [0.5, 0.6) is 0 Å². The van der Waals surface area contributed by atoms with Gasteiger partial charge in [0.2, 0.25) is 0 Å². The molecule has 2 saturated heterocycles. The van der Waals surface area contributed by atoms with Crippen LogP contribution in [0.3, 0.4) is 0 Å². The molecule has 9 nitrogen and oxygen atoms in total. The Balaban J connectivity index is 1.36.